The summed E-state index contributed by atoms with van der Waals surface area (Å²) in [6.07, 6.45) is 3.02. The number of rotatable bonds is 7. The molecule has 2 atom stereocenters. The molecule has 1 aliphatic carbocycles. The van der Waals surface area contributed by atoms with Crippen molar-refractivity contribution in [3.05, 3.63) is 30.1 Å². The predicted molar refractivity (Wildman–Crippen MR) is 91.8 cm³/mol. The van der Waals surface area contributed by atoms with Gasteiger partial charge in [0.05, 0.1) is 4.90 Å². The number of hydrogen-bond acceptors (Lipinski definition) is 4. The van der Waals surface area contributed by atoms with Crippen molar-refractivity contribution in [3.8, 4) is 0 Å². The van der Waals surface area contributed by atoms with Crippen LogP contribution in [0.1, 0.15) is 25.7 Å². The molecule has 2 rings (SSSR count). The van der Waals surface area contributed by atoms with E-state index in [2.05, 4.69) is 10.0 Å². The molecule has 0 heterocycles. The van der Waals surface area contributed by atoms with Crippen LogP contribution < -0.4 is 15.8 Å². The summed E-state index contributed by atoms with van der Waals surface area (Å²) in [6, 6.07) is 4.61. The molecule has 1 aromatic carbocycles. The first-order valence-electron chi connectivity index (χ1n) is 7.67. The van der Waals surface area contributed by atoms with Crippen molar-refractivity contribution >= 4 is 28.3 Å². The van der Waals surface area contributed by atoms with Crippen LogP contribution in [0.3, 0.4) is 0 Å². The second kappa shape index (κ2) is 9.31. The Morgan fingerprint density at radius 2 is 1.92 bits per heavy atom. The average molecular weight is 380 g/mol. The molecule has 0 bridgehead atoms. The van der Waals surface area contributed by atoms with E-state index in [0.29, 0.717) is 12.5 Å². The molecular formula is C15H23ClFN3O3S. The van der Waals surface area contributed by atoms with Gasteiger partial charge >= 0.3 is 0 Å². The highest BCUT2D eigenvalue weighted by atomic mass is 35.5. The van der Waals surface area contributed by atoms with Gasteiger partial charge < -0.3 is 11.1 Å². The topological polar surface area (TPSA) is 101 Å². The Labute approximate surface area is 147 Å². The Hall–Kier alpha value is -1.22. The fraction of sp³-hybridized carbons (Fsp3) is 0.533. The lowest BCUT2D eigenvalue weighted by Gasteiger charge is -2.19. The van der Waals surface area contributed by atoms with Crippen LogP contribution in [0.25, 0.3) is 0 Å². The normalized spacial score (nSPS) is 20.4. The van der Waals surface area contributed by atoms with Crippen LogP contribution in [-0.4, -0.2) is 33.5 Å². The maximum Gasteiger partial charge on any atom is 0.240 e. The van der Waals surface area contributed by atoms with E-state index >= 15 is 0 Å². The molecule has 0 aliphatic heterocycles. The zero-order valence-electron chi connectivity index (χ0n) is 13.2. The molecule has 0 aromatic heterocycles. The summed E-state index contributed by atoms with van der Waals surface area (Å²) in [7, 11) is -3.73. The Morgan fingerprint density at radius 3 is 2.54 bits per heavy atom. The molecule has 0 spiro atoms. The van der Waals surface area contributed by atoms with E-state index in [-0.39, 0.29) is 42.2 Å². The SMILES string of the molecule is Cl.NCC1CCCC1NC(=O)CCNS(=O)(=O)c1ccc(F)cc1. The van der Waals surface area contributed by atoms with Crippen molar-refractivity contribution in [1.29, 1.82) is 0 Å². The van der Waals surface area contributed by atoms with Crippen LogP contribution in [0, 0.1) is 11.7 Å². The van der Waals surface area contributed by atoms with Gasteiger partial charge in [0, 0.05) is 19.0 Å². The van der Waals surface area contributed by atoms with Crippen LogP contribution >= 0.6 is 12.4 Å². The number of carbonyl (C=O) groups is 1. The molecule has 2 unspecified atom stereocenters. The fourth-order valence-corrected chi connectivity index (χ4v) is 3.82. The summed E-state index contributed by atoms with van der Waals surface area (Å²) in [5.41, 5.74) is 5.66. The number of nitrogens with two attached hydrogens (primary N) is 1. The second-order valence-corrected chi connectivity index (χ2v) is 7.47. The van der Waals surface area contributed by atoms with E-state index in [9.17, 15) is 17.6 Å². The first kappa shape index (κ1) is 20.8. The molecule has 9 heteroatoms. The number of nitrogens with one attached hydrogen (secondary N) is 2. The molecule has 4 N–H and O–H groups in total. The number of benzene rings is 1. The van der Waals surface area contributed by atoms with Gasteiger partial charge in [0.1, 0.15) is 5.82 Å². The van der Waals surface area contributed by atoms with Gasteiger partial charge in [-0.15, -0.1) is 12.4 Å². The third kappa shape index (κ3) is 5.70. The lowest BCUT2D eigenvalue weighted by atomic mass is 10.0. The van der Waals surface area contributed by atoms with Crippen LogP contribution in [0.2, 0.25) is 0 Å². The molecule has 6 nitrogen and oxygen atoms in total. The Bertz CT molecular complexity index is 640. The van der Waals surface area contributed by atoms with Gasteiger partial charge in [-0.25, -0.2) is 17.5 Å². The number of amides is 1. The van der Waals surface area contributed by atoms with Gasteiger partial charge in [-0.3, -0.25) is 4.79 Å². The molecule has 136 valence electrons. The van der Waals surface area contributed by atoms with Crippen molar-refractivity contribution in [2.45, 2.75) is 36.6 Å². The number of halogens is 2. The zero-order valence-corrected chi connectivity index (χ0v) is 14.8. The average Bonchev–Trinajstić information content (AvgIpc) is 2.94. The smallest absolute Gasteiger partial charge is 0.240 e. The van der Waals surface area contributed by atoms with E-state index in [1.165, 1.54) is 12.1 Å². The Balaban J connectivity index is 0.00000288. The molecule has 0 saturated heterocycles. The first-order valence-corrected chi connectivity index (χ1v) is 9.15. The monoisotopic (exact) mass is 379 g/mol. The maximum absolute atomic E-state index is 12.8. The van der Waals surface area contributed by atoms with E-state index in [4.69, 9.17) is 5.73 Å². The van der Waals surface area contributed by atoms with Gasteiger partial charge in [0.25, 0.3) is 0 Å². The largest absolute Gasteiger partial charge is 0.353 e. The molecule has 1 aliphatic rings. The first-order chi connectivity index (χ1) is 10.9. The van der Waals surface area contributed by atoms with Gasteiger partial charge in [-0.1, -0.05) is 6.42 Å². The molecule has 24 heavy (non-hydrogen) atoms. The highest BCUT2D eigenvalue weighted by Gasteiger charge is 2.27. The van der Waals surface area contributed by atoms with Crippen LogP contribution in [-0.2, 0) is 14.8 Å². The van der Waals surface area contributed by atoms with Crippen molar-refractivity contribution in [2.75, 3.05) is 13.1 Å². The molecule has 0 radical (unpaired) electrons. The predicted octanol–water partition coefficient (Wildman–Crippen LogP) is 1.16. The lowest BCUT2D eigenvalue weighted by molar-refractivity contribution is -0.121. The third-order valence-corrected chi connectivity index (χ3v) is 5.55. The summed E-state index contributed by atoms with van der Waals surface area (Å²) in [5, 5.41) is 2.91. The van der Waals surface area contributed by atoms with Crippen molar-refractivity contribution in [3.63, 3.8) is 0 Å². The summed E-state index contributed by atoms with van der Waals surface area (Å²) in [4.78, 5) is 11.9. The number of hydrogen-bond donors (Lipinski definition) is 3. The summed E-state index contributed by atoms with van der Waals surface area (Å²) < 4.78 is 39.1. The minimum atomic E-state index is -3.73. The molecule has 1 fully saturated rings. The van der Waals surface area contributed by atoms with Crippen molar-refractivity contribution < 1.29 is 17.6 Å². The van der Waals surface area contributed by atoms with Gasteiger partial charge in [-0.2, -0.15) is 0 Å². The van der Waals surface area contributed by atoms with E-state index in [1.807, 2.05) is 0 Å². The molecule has 1 amide bonds. The minimum absolute atomic E-state index is 0. The van der Waals surface area contributed by atoms with Crippen LogP contribution in [0.15, 0.2) is 29.2 Å². The summed E-state index contributed by atoms with van der Waals surface area (Å²) >= 11 is 0. The summed E-state index contributed by atoms with van der Waals surface area (Å²) in [5.74, 6) is -0.402. The minimum Gasteiger partial charge on any atom is -0.353 e. The molecule has 1 aromatic rings. The van der Waals surface area contributed by atoms with E-state index in [0.717, 1.165) is 31.4 Å². The fourth-order valence-electron chi connectivity index (χ4n) is 2.78. The lowest BCUT2D eigenvalue weighted by Crippen LogP contribution is -2.41. The molecule has 1 saturated carbocycles. The summed E-state index contributed by atoms with van der Waals surface area (Å²) in [6.45, 7) is 0.535. The zero-order chi connectivity index (χ0) is 16.9. The van der Waals surface area contributed by atoms with Crippen molar-refractivity contribution in [1.82, 2.24) is 10.0 Å². The van der Waals surface area contributed by atoms with Crippen LogP contribution in [0.4, 0.5) is 4.39 Å². The number of sulfonamides is 1. The second-order valence-electron chi connectivity index (χ2n) is 5.70. The van der Waals surface area contributed by atoms with Crippen molar-refractivity contribution in [2.24, 2.45) is 11.7 Å². The van der Waals surface area contributed by atoms with Gasteiger partial charge in [0.2, 0.25) is 15.9 Å². The highest BCUT2D eigenvalue weighted by molar-refractivity contribution is 7.89. The maximum atomic E-state index is 12.8. The highest BCUT2D eigenvalue weighted by Crippen LogP contribution is 2.24. The Kier molecular flexibility index (Phi) is 8.08. The quantitative estimate of drug-likeness (QED) is 0.661. The van der Waals surface area contributed by atoms with E-state index in [1.54, 1.807) is 0 Å². The van der Waals surface area contributed by atoms with Gasteiger partial charge in [0.15, 0.2) is 0 Å². The number of carbonyl (C=O) groups excluding carboxylic acids is 1. The van der Waals surface area contributed by atoms with Crippen LogP contribution in [0.5, 0.6) is 0 Å². The Morgan fingerprint density at radius 1 is 1.25 bits per heavy atom. The molecular weight excluding hydrogens is 357 g/mol. The standard InChI is InChI=1S/C15H22FN3O3S.ClH/c16-12-4-6-13(7-5-12)23(21,22)18-9-8-15(20)19-14-3-1-2-11(14)10-17;/h4-7,11,14,18H,1-3,8-10,17H2,(H,19,20);1H. The third-order valence-electron chi connectivity index (χ3n) is 4.08. The van der Waals surface area contributed by atoms with Gasteiger partial charge in [-0.05, 0) is 49.6 Å². The van der Waals surface area contributed by atoms with E-state index < -0.39 is 15.8 Å².